The highest BCUT2D eigenvalue weighted by Gasteiger charge is 2.24. The second-order valence-electron chi connectivity index (χ2n) is 7.92. The van der Waals surface area contributed by atoms with Gasteiger partial charge in [-0.05, 0) is 43.0 Å². The standard InChI is InChI=1S/C22H29N5O2/c1-17-6-5-11-27(16-17)22(28)18-9-10-21(24-23-18)26-14-12-25(13-15-26)19-7-3-4-8-20(19)29-2/h3-4,7-10,17H,5-6,11-16H2,1-2H3. The molecule has 29 heavy (non-hydrogen) atoms. The van der Waals surface area contributed by atoms with Crippen molar-refractivity contribution in [2.24, 2.45) is 5.92 Å². The zero-order valence-electron chi connectivity index (χ0n) is 17.3. The summed E-state index contributed by atoms with van der Waals surface area (Å²) in [6, 6.07) is 11.8. The molecule has 1 amide bonds. The van der Waals surface area contributed by atoms with E-state index >= 15 is 0 Å². The second kappa shape index (κ2) is 8.68. The lowest BCUT2D eigenvalue weighted by Crippen LogP contribution is -2.47. The molecule has 0 radical (unpaired) electrons. The van der Waals surface area contributed by atoms with Crippen LogP contribution in [0.4, 0.5) is 11.5 Å². The number of benzene rings is 1. The van der Waals surface area contributed by atoms with Crippen LogP contribution in [-0.4, -0.2) is 67.4 Å². The van der Waals surface area contributed by atoms with Gasteiger partial charge < -0.3 is 19.4 Å². The fourth-order valence-electron chi connectivity index (χ4n) is 4.21. The molecule has 2 saturated heterocycles. The van der Waals surface area contributed by atoms with Gasteiger partial charge in [-0.15, -0.1) is 10.2 Å². The minimum absolute atomic E-state index is 0.00316. The summed E-state index contributed by atoms with van der Waals surface area (Å²) in [7, 11) is 1.71. The van der Waals surface area contributed by atoms with Crippen molar-refractivity contribution in [3.05, 3.63) is 42.1 Å². The average molecular weight is 396 g/mol. The molecule has 0 saturated carbocycles. The van der Waals surface area contributed by atoms with E-state index in [1.165, 1.54) is 6.42 Å². The molecule has 3 heterocycles. The SMILES string of the molecule is COc1ccccc1N1CCN(c2ccc(C(=O)N3CCCC(C)C3)nn2)CC1. The van der Waals surface area contributed by atoms with Gasteiger partial charge in [0.1, 0.15) is 5.75 Å². The number of anilines is 2. The lowest BCUT2D eigenvalue weighted by molar-refractivity contribution is 0.0676. The van der Waals surface area contributed by atoms with Gasteiger partial charge in [-0.25, -0.2) is 0 Å². The number of aromatic nitrogens is 2. The molecule has 7 nitrogen and oxygen atoms in total. The number of likely N-dealkylation sites (tertiary alicyclic amines) is 1. The fraction of sp³-hybridized carbons (Fsp3) is 0.500. The molecular formula is C22H29N5O2. The maximum atomic E-state index is 12.7. The first-order valence-corrected chi connectivity index (χ1v) is 10.4. The van der Waals surface area contributed by atoms with E-state index in [1.54, 1.807) is 7.11 Å². The van der Waals surface area contributed by atoms with Crippen LogP contribution in [0.25, 0.3) is 0 Å². The Bertz CT molecular complexity index is 833. The van der Waals surface area contributed by atoms with E-state index in [-0.39, 0.29) is 5.91 Å². The Morgan fingerprint density at radius 3 is 2.45 bits per heavy atom. The highest BCUT2D eigenvalue weighted by Crippen LogP contribution is 2.29. The minimum atomic E-state index is -0.00316. The van der Waals surface area contributed by atoms with Crippen molar-refractivity contribution in [2.45, 2.75) is 19.8 Å². The van der Waals surface area contributed by atoms with Crippen LogP contribution in [0, 0.1) is 5.92 Å². The highest BCUT2D eigenvalue weighted by atomic mass is 16.5. The molecule has 4 rings (SSSR count). The van der Waals surface area contributed by atoms with Gasteiger partial charge in [0, 0.05) is 39.3 Å². The molecule has 154 valence electrons. The van der Waals surface area contributed by atoms with E-state index in [0.717, 1.165) is 62.9 Å². The molecule has 2 aliphatic heterocycles. The number of para-hydroxylation sites is 2. The second-order valence-corrected chi connectivity index (χ2v) is 7.92. The van der Waals surface area contributed by atoms with Gasteiger partial charge in [-0.2, -0.15) is 0 Å². The van der Waals surface area contributed by atoms with Gasteiger partial charge in [-0.1, -0.05) is 19.1 Å². The third-order valence-electron chi connectivity index (χ3n) is 5.84. The normalized spacial score (nSPS) is 19.9. The van der Waals surface area contributed by atoms with Crippen molar-refractivity contribution < 1.29 is 9.53 Å². The van der Waals surface area contributed by atoms with Crippen LogP contribution < -0.4 is 14.5 Å². The zero-order chi connectivity index (χ0) is 20.2. The molecule has 0 spiro atoms. The van der Waals surface area contributed by atoms with Gasteiger partial charge >= 0.3 is 0 Å². The van der Waals surface area contributed by atoms with Gasteiger partial charge in [0.15, 0.2) is 11.5 Å². The monoisotopic (exact) mass is 395 g/mol. The van der Waals surface area contributed by atoms with Gasteiger partial charge in [0.05, 0.1) is 12.8 Å². The summed E-state index contributed by atoms with van der Waals surface area (Å²) in [4.78, 5) is 19.1. The largest absolute Gasteiger partial charge is 0.495 e. The van der Waals surface area contributed by atoms with Crippen LogP contribution in [0.2, 0.25) is 0 Å². The van der Waals surface area contributed by atoms with Gasteiger partial charge in [0.25, 0.3) is 5.91 Å². The number of hydrogen-bond acceptors (Lipinski definition) is 6. The highest BCUT2D eigenvalue weighted by molar-refractivity contribution is 5.92. The smallest absolute Gasteiger partial charge is 0.274 e. The van der Waals surface area contributed by atoms with E-state index in [9.17, 15) is 4.79 Å². The van der Waals surface area contributed by atoms with Crippen molar-refractivity contribution in [1.82, 2.24) is 15.1 Å². The van der Waals surface area contributed by atoms with Crippen molar-refractivity contribution in [3.8, 4) is 5.75 Å². The van der Waals surface area contributed by atoms with Crippen LogP contribution in [0.3, 0.4) is 0 Å². The molecule has 1 aromatic heterocycles. The van der Waals surface area contributed by atoms with Crippen molar-refractivity contribution >= 4 is 17.4 Å². The number of rotatable bonds is 4. The number of piperazine rings is 1. The third kappa shape index (κ3) is 4.28. The topological polar surface area (TPSA) is 61.8 Å². The number of carbonyl (C=O) groups is 1. The molecule has 1 aromatic carbocycles. The van der Waals surface area contributed by atoms with Crippen molar-refractivity contribution in [2.75, 3.05) is 56.2 Å². The molecule has 7 heteroatoms. The average Bonchev–Trinajstić information content (AvgIpc) is 2.79. The molecular weight excluding hydrogens is 366 g/mol. The molecule has 0 aliphatic carbocycles. The maximum absolute atomic E-state index is 12.7. The summed E-state index contributed by atoms with van der Waals surface area (Å²) in [6.45, 7) is 7.29. The number of ether oxygens (including phenoxy) is 1. The Morgan fingerprint density at radius 1 is 1.00 bits per heavy atom. The summed E-state index contributed by atoms with van der Waals surface area (Å²) >= 11 is 0. The first-order chi connectivity index (χ1) is 14.2. The molecule has 0 bridgehead atoms. The fourth-order valence-corrected chi connectivity index (χ4v) is 4.21. The van der Waals surface area contributed by atoms with Crippen LogP contribution in [-0.2, 0) is 0 Å². The Balaban J connectivity index is 1.37. The summed E-state index contributed by atoms with van der Waals surface area (Å²) in [5, 5.41) is 8.60. The maximum Gasteiger partial charge on any atom is 0.274 e. The predicted molar refractivity (Wildman–Crippen MR) is 114 cm³/mol. The molecule has 0 N–H and O–H groups in total. The van der Waals surface area contributed by atoms with E-state index in [4.69, 9.17) is 4.74 Å². The van der Waals surface area contributed by atoms with Crippen LogP contribution >= 0.6 is 0 Å². The van der Waals surface area contributed by atoms with E-state index in [0.29, 0.717) is 11.6 Å². The Hall–Kier alpha value is -2.83. The number of piperidine rings is 1. The van der Waals surface area contributed by atoms with E-state index < -0.39 is 0 Å². The molecule has 1 unspecified atom stereocenters. The molecule has 2 fully saturated rings. The van der Waals surface area contributed by atoms with Gasteiger partial charge in [0.2, 0.25) is 0 Å². The summed E-state index contributed by atoms with van der Waals surface area (Å²) < 4.78 is 5.49. The summed E-state index contributed by atoms with van der Waals surface area (Å²) in [5.74, 6) is 2.28. The Kier molecular flexibility index (Phi) is 5.83. The van der Waals surface area contributed by atoms with Gasteiger partial charge in [-0.3, -0.25) is 4.79 Å². The lowest BCUT2D eigenvalue weighted by Gasteiger charge is -2.37. The van der Waals surface area contributed by atoms with Crippen LogP contribution in [0.1, 0.15) is 30.3 Å². The summed E-state index contributed by atoms with van der Waals surface area (Å²) in [5.41, 5.74) is 1.56. The van der Waals surface area contributed by atoms with Crippen molar-refractivity contribution in [1.29, 1.82) is 0 Å². The van der Waals surface area contributed by atoms with Crippen LogP contribution in [0.5, 0.6) is 5.75 Å². The number of nitrogens with zero attached hydrogens (tertiary/aromatic N) is 5. The first-order valence-electron chi connectivity index (χ1n) is 10.4. The van der Waals surface area contributed by atoms with Crippen LogP contribution in [0.15, 0.2) is 36.4 Å². The van der Waals surface area contributed by atoms with E-state index in [2.05, 4.69) is 33.0 Å². The van der Waals surface area contributed by atoms with Crippen molar-refractivity contribution in [3.63, 3.8) is 0 Å². The number of carbonyl (C=O) groups excluding carboxylic acids is 1. The Morgan fingerprint density at radius 2 is 1.76 bits per heavy atom. The number of hydrogen-bond donors (Lipinski definition) is 0. The predicted octanol–water partition coefficient (Wildman–Crippen LogP) is 2.68. The summed E-state index contributed by atoms with van der Waals surface area (Å²) in [6.07, 6.45) is 2.25. The quantitative estimate of drug-likeness (QED) is 0.793. The molecule has 2 aliphatic rings. The number of amides is 1. The third-order valence-corrected chi connectivity index (χ3v) is 5.84. The molecule has 2 aromatic rings. The first kappa shape index (κ1) is 19.5. The number of methoxy groups -OCH3 is 1. The Labute approximate surface area is 172 Å². The van der Waals surface area contributed by atoms with E-state index in [1.807, 2.05) is 35.2 Å². The lowest BCUT2D eigenvalue weighted by atomic mass is 10.00. The molecule has 1 atom stereocenters. The zero-order valence-corrected chi connectivity index (χ0v) is 17.3. The minimum Gasteiger partial charge on any atom is -0.495 e.